The largest absolute Gasteiger partial charge is 0.306 e. The lowest BCUT2D eigenvalue weighted by Crippen LogP contribution is -2.45. The molecule has 0 aromatic heterocycles. The highest BCUT2D eigenvalue weighted by molar-refractivity contribution is 5.19. The third kappa shape index (κ3) is 3.60. The molecule has 3 unspecified atom stereocenters. The van der Waals surface area contributed by atoms with Crippen molar-refractivity contribution in [1.82, 2.24) is 5.32 Å². The molecule has 2 rings (SSSR count). The van der Waals surface area contributed by atoms with E-state index in [1.165, 1.54) is 24.8 Å². The molecular formula is C18H29N. The van der Waals surface area contributed by atoms with Crippen LogP contribution in [0.5, 0.6) is 0 Å². The monoisotopic (exact) mass is 259 g/mol. The number of rotatable bonds is 4. The molecule has 1 fully saturated rings. The molecule has 0 spiro atoms. The van der Waals surface area contributed by atoms with E-state index in [-0.39, 0.29) is 0 Å². The average Bonchev–Trinajstić information content (AvgIpc) is 2.39. The van der Waals surface area contributed by atoms with Crippen molar-refractivity contribution in [2.75, 3.05) is 0 Å². The highest BCUT2D eigenvalue weighted by Gasteiger charge is 2.30. The Labute approximate surface area is 118 Å². The molecule has 1 aliphatic rings. The Morgan fingerprint density at radius 1 is 1.00 bits per heavy atom. The summed E-state index contributed by atoms with van der Waals surface area (Å²) in [5.74, 6) is 2.23. The Kier molecular flexibility index (Phi) is 5.04. The quantitative estimate of drug-likeness (QED) is 0.819. The second-order valence-corrected chi connectivity index (χ2v) is 6.71. The first kappa shape index (κ1) is 14.6. The van der Waals surface area contributed by atoms with Crippen LogP contribution < -0.4 is 5.32 Å². The zero-order chi connectivity index (χ0) is 13.8. The van der Waals surface area contributed by atoms with E-state index in [1.54, 1.807) is 0 Å². The van der Waals surface area contributed by atoms with E-state index >= 15 is 0 Å². The van der Waals surface area contributed by atoms with Crippen molar-refractivity contribution in [2.24, 2.45) is 17.8 Å². The zero-order valence-electron chi connectivity index (χ0n) is 12.9. The van der Waals surface area contributed by atoms with Crippen LogP contribution in [0.15, 0.2) is 30.3 Å². The van der Waals surface area contributed by atoms with E-state index in [9.17, 15) is 0 Å². The standard InChI is InChI=1S/C18H29N/c1-13(2)17(16-11-6-5-7-12-16)19-18-14(3)9-8-10-15(18)4/h5-7,11-15,17-19H,8-10H2,1-4H3. The Hall–Kier alpha value is -0.820. The second kappa shape index (κ2) is 6.56. The summed E-state index contributed by atoms with van der Waals surface area (Å²) in [6.07, 6.45) is 4.15. The van der Waals surface area contributed by atoms with Crippen molar-refractivity contribution in [1.29, 1.82) is 0 Å². The molecule has 0 bridgehead atoms. The van der Waals surface area contributed by atoms with Gasteiger partial charge in [-0.1, -0.05) is 64.4 Å². The van der Waals surface area contributed by atoms with Gasteiger partial charge in [-0.3, -0.25) is 0 Å². The molecule has 3 atom stereocenters. The maximum absolute atomic E-state index is 3.97. The molecule has 1 saturated carbocycles. The van der Waals surface area contributed by atoms with Crippen molar-refractivity contribution in [2.45, 2.75) is 59.0 Å². The Morgan fingerprint density at radius 2 is 1.58 bits per heavy atom. The fraction of sp³-hybridized carbons (Fsp3) is 0.667. The van der Waals surface area contributed by atoms with Crippen LogP contribution in [-0.2, 0) is 0 Å². The lowest BCUT2D eigenvalue weighted by molar-refractivity contribution is 0.180. The number of benzene rings is 1. The molecule has 1 nitrogen and oxygen atoms in total. The predicted molar refractivity (Wildman–Crippen MR) is 83.1 cm³/mol. The smallest absolute Gasteiger partial charge is 0.0345 e. The number of nitrogens with one attached hydrogen (secondary N) is 1. The van der Waals surface area contributed by atoms with Gasteiger partial charge in [0.2, 0.25) is 0 Å². The van der Waals surface area contributed by atoms with E-state index < -0.39 is 0 Å². The summed E-state index contributed by atoms with van der Waals surface area (Å²) in [7, 11) is 0. The summed E-state index contributed by atoms with van der Waals surface area (Å²) in [5.41, 5.74) is 1.43. The van der Waals surface area contributed by atoms with E-state index in [2.05, 4.69) is 63.3 Å². The van der Waals surface area contributed by atoms with Gasteiger partial charge in [0.05, 0.1) is 0 Å². The van der Waals surface area contributed by atoms with Crippen LogP contribution in [0.25, 0.3) is 0 Å². The molecule has 1 aromatic carbocycles. The molecule has 0 heterocycles. The summed E-state index contributed by atoms with van der Waals surface area (Å²) in [4.78, 5) is 0. The van der Waals surface area contributed by atoms with Gasteiger partial charge in [-0.2, -0.15) is 0 Å². The fourth-order valence-corrected chi connectivity index (χ4v) is 3.55. The van der Waals surface area contributed by atoms with Crippen LogP contribution >= 0.6 is 0 Å². The lowest BCUT2D eigenvalue weighted by Gasteiger charge is -2.39. The first-order valence-electron chi connectivity index (χ1n) is 7.90. The molecule has 1 heteroatoms. The van der Waals surface area contributed by atoms with Gasteiger partial charge < -0.3 is 5.32 Å². The van der Waals surface area contributed by atoms with Crippen molar-refractivity contribution in [3.8, 4) is 0 Å². The van der Waals surface area contributed by atoms with E-state index in [0.717, 1.165) is 11.8 Å². The van der Waals surface area contributed by atoms with Gasteiger partial charge in [0.25, 0.3) is 0 Å². The van der Waals surface area contributed by atoms with Gasteiger partial charge in [-0.15, -0.1) is 0 Å². The summed E-state index contributed by atoms with van der Waals surface area (Å²) < 4.78 is 0. The first-order chi connectivity index (χ1) is 9.09. The molecule has 0 aliphatic heterocycles. The zero-order valence-corrected chi connectivity index (χ0v) is 12.9. The third-order valence-electron chi connectivity index (χ3n) is 4.74. The SMILES string of the molecule is CC(C)C(NC1C(C)CCCC1C)c1ccccc1. The highest BCUT2D eigenvalue weighted by Crippen LogP contribution is 2.32. The second-order valence-electron chi connectivity index (χ2n) is 6.71. The normalized spacial score (nSPS) is 29.4. The molecule has 0 amide bonds. The van der Waals surface area contributed by atoms with Crippen LogP contribution in [-0.4, -0.2) is 6.04 Å². The van der Waals surface area contributed by atoms with E-state index in [0.29, 0.717) is 18.0 Å². The Morgan fingerprint density at radius 3 is 2.11 bits per heavy atom. The minimum atomic E-state index is 0.481. The summed E-state index contributed by atoms with van der Waals surface area (Å²) in [6.45, 7) is 9.47. The van der Waals surface area contributed by atoms with Gasteiger partial charge in [0.15, 0.2) is 0 Å². The van der Waals surface area contributed by atoms with Gasteiger partial charge in [-0.05, 0) is 36.2 Å². The Balaban J connectivity index is 2.12. The Bertz CT molecular complexity index is 361. The van der Waals surface area contributed by atoms with Crippen LogP contribution in [0.2, 0.25) is 0 Å². The van der Waals surface area contributed by atoms with E-state index in [1.807, 2.05) is 0 Å². The van der Waals surface area contributed by atoms with Gasteiger partial charge >= 0.3 is 0 Å². The molecule has 0 radical (unpaired) electrons. The van der Waals surface area contributed by atoms with Crippen molar-refractivity contribution < 1.29 is 0 Å². The first-order valence-corrected chi connectivity index (χ1v) is 7.90. The van der Waals surface area contributed by atoms with Gasteiger partial charge in [0, 0.05) is 12.1 Å². The topological polar surface area (TPSA) is 12.0 Å². The van der Waals surface area contributed by atoms with Crippen LogP contribution in [0, 0.1) is 17.8 Å². The minimum Gasteiger partial charge on any atom is -0.306 e. The summed E-state index contributed by atoms with van der Waals surface area (Å²) >= 11 is 0. The molecule has 1 aromatic rings. The minimum absolute atomic E-state index is 0.481. The fourth-order valence-electron chi connectivity index (χ4n) is 3.55. The molecule has 1 N–H and O–H groups in total. The van der Waals surface area contributed by atoms with E-state index in [4.69, 9.17) is 0 Å². The van der Waals surface area contributed by atoms with Crippen molar-refractivity contribution in [3.05, 3.63) is 35.9 Å². The van der Waals surface area contributed by atoms with Crippen molar-refractivity contribution >= 4 is 0 Å². The molecule has 1 aliphatic carbocycles. The summed E-state index contributed by atoms with van der Waals surface area (Å²) in [6, 6.07) is 12.1. The maximum atomic E-state index is 3.97. The molecule has 0 saturated heterocycles. The molecule has 106 valence electrons. The van der Waals surface area contributed by atoms with Crippen LogP contribution in [0.4, 0.5) is 0 Å². The average molecular weight is 259 g/mol. The van der Waals surface area contributed by atoms with Gasteiger partial charge in [-0.25, -0.2) is 0 Å². The number of hydrogen-bond donors (Lipinski definition) is 1. The molecule has 19 heavy (non-hydrogen) atoms. The van der Waals surface area contributed by atoms with Crippen LogP contribution in [0.1, 0.15) is 58.6 Å². The maximum Gasteiger partial charge on any atom is 0.0345 e. The van der Waals surface area contributed by atoms with Crippen molar-refractivity contribution in [3.63, 3.8) is 0 Å². The summed E-state index contributed by atoms with van der Waals surface area (Å²) in [5, 5.41) is 3.97. The third-order valence-corrected chi connectivity index (χ3v) is 4.74. The van der Waals surface area contributed by atoms with Gasteiger partial charge in [0.1, 0.15) is 0 Å². The highest BCUT2D eigenvalue weighted by atomic mass is 15.0. The number of hydrogen-bond acceptors (Lipinski definition) is 1. The lowest BCUT2D eigenvalue weighted by atomic mass is 9.77. The van der Waals surface area contributed by atoms with Crippen LogP contribution in [0.3, 0.4) is 0 Å². The molecular weight excluding hydrogens is 230 g/mol. The predicted octanol–water partition coefficient (Wildman–Crippen LogP) is 4.80.